The van der Waals surface area contributed by atoms with Crippen LogP contribution < -0.4 is 10.6 Å². The number of rotatable bonds is 12. The quantitative estimate of drug-likeness (QED) is 0.0881. The van der Waals surface area contributed by atoms with Crippen LogP contribution in [0.5, 0.6) is 0 Å². The number of carbonyl (C=O) groups is 2. The first kappa shape index (κ1) is 41.9. The van der Waals surface area contributed by atoms with Gasteiger partial charge in [-0.3, -0.25) is 9.59 Å². The van der Waals surface area contributed by atoms with Gasteiger partial charge in [-0.05, 0) is 0 Å². The van der Waals surface area contributed by atoms with E-state index in [2.05, 4.69) is 10.6 Å². The average Bonchev–Trinajstić information content (AvgIpc) is 3.09. The smallest absolute Gasteiger partial charge is 0.217 e. The van der Waals surface area contributed by atoms with Crippen LogP contribution in [-0.4, -0.2) is 222 Å². The molecule has 4 heterocycles. The summed E-state index contributed by atoms with van der Waals surface area (Å²) in [5.41, 5.74) is 0. The van der Waals surface area contributed by atoms with Gasteiger partial charge in [0, 0.05) is 13.8 Å². The lowest BCUT2D eigenvalue weighted by molar-refractivity contribution is -0.378. The summed E-state index contributed by atoms with van der Waals surface area (Å²) in [6.07, 6.45) is -31.1. The summed E-state index contributed by atoms with van der Waals surface area (Å²) in [5.74, 6) is -1.39. The summed E-state index contributed by atoms with van der Waals surface area (Å²) < 4.78 is 39.1. The van der Waals surface area contributed by atoms with E-state index in [-0.39, 0.29) is 0 Å². The molecule has 23 heteroatoms. The van der Waals surface area contributed by atoms with Crippen LogP contribution in [0, 0.1) is 0 Å². The largest absolute Gasteiger partial charge is 0.394 e. The topological polar surface area (TPSA) is 366 Å². The SMILES string of the molecule is CC(=O)N[C@@H]1[C@@H](O)[C@H](O[C@@H]2O[C@H](CO)[C@@H](O[C@@H]3O[C@H](CO)[C@@H](O[C@H]4O[C@H](CO)[C@@H](O)[C@H](O)[C@@H]4O)[C@H](O)[C@@H]3O)[C@H](O)[C@H]2NC(C)=O)[C@@H](CO)O[C@H]1O. The van der Waals surface area contributed by atoms with E-state index in [1.165, 1.54) is 0 Å². The molecule has 0 bridgehead atoms. The minimum atomic E-state index is -2.04. The highest BCUT2D eigenvalue weighted by Gasteiger charge is 2.55. The van der Waals surface area contributed by atoms with Crippen molar-refractivity contribution in [2.75, 3.05) is 26.4 Å². The number of hydrogen-bond donors (Lipinski definition) is 14. The lowest BCUT2D eigenvalue weighted by Crippen LogP contribution is -2.70. The lowest BCUT2D eigenvalue weighted by atomic mass is 9.94. The summed E-state index contributed by atoms with van der Waals surface area (Å²) in [5, 5.41) is 129. The van der Waals surface area contributed by atoms with Gasteiger partial charge < -0.3 is 105 Å². The van der Waals surface area contributed by atoms with Crippen LogP contribution in [0.2, 0.25) is 0 Å². The number of carbonyl (C=O) groups excluding carboxylic acids is 2. The van der Waals surface area contributed by atoms with Crippen molar-refractivity contribution in [1.82, 2.24) is 10.6 Å². The second kappa shape index (κ2) is 18.0. The van der Waals surface area contributed by atoms with Gasteiger partial charge in [-0.15, -0.1) is 0 Å². The van der Waals surface area contributed by atoms with Gasteiger partial charge >= 0.3 is 0 Å². The maximum Gasteiger partial charge on any atom is 0.217 e. The highest BCUT2D eigenvalue weighted by Crippen LogP contribution is 2.34. The van der Waals surface area contributed by atoms with Crippen LogP contribution in [-0.2, 0) is 42.7 Å². The molecule has 2 amide bonds. The molecule has 296 valence electrons. The van der Waals surface area contributed by atoms with E-state index in [1.807, 2.05) is 0 Å². The molecule has 4 aliphatic rings. The molecule has 0 aromatic carbocycles. The average molecular weight is 749 g/mol. The molecule has 0 saturated carbocycles. The fourth-order valence-corrected chi connectivity index (χ4v) is 6.36. The predicted octanol–water partition coefficient (Wildman–Crippen LogP) is -9.46. The van der Waals surface area contributed by atoms with Crippen molar-refractivity contribution < 1.29 is 104 Å². The van der Waals surface area contributed by atoms with Gasteiger partial charge in [0.1, 0.15) is 97.5 Å². The Hall–Kier alpha value is -1.82. The minimum Gasteiger partial charge on any atom is -0.394 e. The number of aliphatic hydroxyl groups excluding tert-OH is 12. The Morgan fingerprint density at radius 2 is 0.843 bits per heavy atom. The van der Waals surface area contributed by atoms with Crippen LogP contribution >= 0.6 is 0 Å². The fourth-order valence-electron chi connectivity index (χ4n) is 6.36. The maximum absolute atomic E-state index is 12.2. The van der Waals surface area contributed by atoms with E-state index in [1.54, 1.807) is 0 Å². The van der Waals surface area contributed by atoms with Crippen LogP contribution in [0.25, 0.3) is 0 Å². The maximum atomic E-state index is 12.2. The molecule has 0 aromatic rings. The highest BCUT2D eigenvalue weighted by molar-refractivity contribution is 5.73. The van der Waals surface area contributed by atoms with E-state index < -0.39 is 161 Å². The second-order valence-electron chi connectivity index (χ2n) is 12.6. The normalized spacial score (nSPS) is 47.8. The molecule has 0 radical (unpaired) electrons. The zero-order valence-electron chi connectivity index (χ0n) is 27.4. The van der Waals surface area contributed by atoms with Gasteiger partial charge in [-0.2, -0.15) is 0 Å². The second-order valence-corrected chi connectivity index (χ2v) is 12.6. The van der Waals surface area contributed by atoms with Crippen molar-refractivity contribution in [2.45, 2.75) is 137 Å². The summed E-state index contributed by atoms with van der Waals surface area (Å²) >= 11 is 0. The summed E-state index contributed by atoms with van der Waals surface area (Å²) in [6, 6.07) is -3.02. The number of ether oxygens (including phenoxy) is 7. The van der Waals surface area contributed by atoms with Crippen molar-refractivity contribution in [2.24, 2.45) is 0 Å². The molecule has 0 aromatic heterocycles. The molecule has 0 unspecified atom stereocenters. The fraction of sp³-hybridized carbons (Fsp3) is 0.929. The summed E-state index contributed by atoms with van der Waals surface area (Å²) in [6.45, 7) is -1.25. The Labute approximate surface area is 289 Å². The predicted molar refractivity (Wildman–Crippen MR) is 157 cm³/mol. The molecule has 4 aliphatic heterocycles. The highest BCUT2D eigenvalue weighted by atomic mass is 16.8. The van der Waals surface area contributed by atoms with Gasteiger partial charge in [0.25, 0.3) is 0 Å². The Balaban J connectivity index is 1.52. The van der Waals surface area contributed by atoms with Crippen molar-refractivity contribution in [3.8, 4) is 0 Å². The Kier molecular flexibility index (Phi) is 14.8. The third-order valence-electron chi connectivity index (χ3n) is 9.01. The Bertz CT molecular complexity index is 1140. The van der Waals surface area contributed by atoms with Crippen molar-refractivity contribution >= 4 is 11.8 Å². The zero-order valence-corrected chi connectivity index (χ0v) is 27.4. The Morgan fingerprint density at radius 3 is 1.33 bits per heavy atom. The van der Waals surface area contributed by atoms with Gasteiger partial charge in [0.2, 0.25) is 11.8 Å². The van der Waals surface area contributed by atoms with Crippen LogP contribution in [0.1, 0.15) is 13.8 Å². The molecular formula is C28H48N2O21. The van der Waals surface area contributed by atoms with Gasteiger partial charge in [-0.25, -0.2) is 0 Å². The van der Waals surface area contributed by atoms with Crippen molar-refractivity contribution in [1.29, 1.82) is 0 Å². The molecule has 14 N–H and O–H groups in total. The molecule has 4 saturated heterocycles. The molecule has 4 fully saturated rings. The lowest BCUT2D eigenvalue weighted by Gasteiger charge is -2.50. The third-order valence-corrected chi connectivity index (χ3v) is 9.01. The van der Waals surface area contributed by atoms with Crippen molar-refractivity contribution in [3.63, 3.8) is 0 Å². The van der Waals surface area contributed by atoms with E-state index in [4.69, 9.17) is 33.2 Å². The molecule has 0 spiro atoms. The third kappa shape index (κ3) is 9.11. The summed E-state index contributed by atoms with van der Waals surface area (Å²) in [7, 11) is 0. The van der Waals surface area contributed by atoms with E-state index in [0.717, 1.165) is 13.8 Å². The number of amides is 2. The molecule has 4 rings (SSSR count). The van der Waals surface area contributed by atoms with E-state index in [9.17, 15) is 70.9 Å². The molecule has 0 aliphatic carbocycles. The molecular weight excluding hydrogens is 700 g/mol. The van der Waals surface area contributed by atoms with Gasteiger partial charge in [0.05, 0.1) is 26.4 Å². The van der Waals surface area contributed by atoms with Crippen molar-refractivity contribution in [3.05, 3.63) is 0 Å². The molecule has 23 nitrogen and oxygen atoms in total. The molecule has 51 heavy (non-hydrogen) atoms. The number of aliphatic hydroxyl groups is 12. The van der Waals surface area contributed by atoms with Crippen LogP contribution in [0.3, 0.4) is 0 Å². The number of nitrogens with one attached hydrogen (secondary N) is 2. The van der Waals surface area contributed by atoms with Gasteiger partial charge in [-0.1, -0.05) is 0 Å². The first-order valence-electron chi connectivity index (χ1n) is 16.1. The Morgan fingerprint density at radius 1 is 0.471 bits per heavy atom. The van der Waals surface area contributed by atoms with Gasteiger partial charge in [0.15, 0.2) is 25.2 Å². The number of hydrogen-bond acceptors (Lipinski definition) is 21. The first-order valence-corrected chi connectivity index (χ1v) is 16.1. The standard InChI is InChI=1S/C28H48N2O21/c1-7(35)29-13-16(38)22(10(4-32)45-25(13)44)49-26-14(30-8(2)36)17(39)23(11(5-33)47-26)50-28-21(43)19(41)24(12(6-34)48-28)51-27-20(42)18(40)15(37)9(3-31)46-27/h9-28,31-34,37-44H,3-6H2,1-2H3,(H,29,35)(H,30,36)/t9-,10-,11-,12-,13-,14-,15-,16-,17-,18+,19-,20+,21+,22-,23-,24-,25-,26+,27-,28+/m1/s1. The zero-order chi connectivity index (χ0) is 37.9. The summed E-state index contributed by atoms with van der Waals surface area (Å²) in [4.78, 5) is 23.9. The monoisotopic (exact) mass is 748 g/mol. The van der Waals surface area contributed by atoms with E-state index >= 15 is 0 Å². The minimum absolute atomic E-state index is 0.656. The first-order chi connectivity index (χ1) is 24.1. The van der Waals surface area contributed by atoms with Crippen LogP contribution in [0.15, 0.2) is 0 Å². The molecule has 20 atom stereocenters. The van der Waals surface area contributed by atoms with E-state index in [0.29, 0.717) is 0 Å². The van der Waals surface area contributed by atoms with Crippen LogP contribution in [0.4, 0.5) is 0 Å².